The van der Waals surface area contributed by atoms with Gasteiger partial charge in [-0.15, -0.1) is 0 Å². The average molecular weight is 221 g/mol. The van der Waals surface area contributed by atoms with Crippen LogP contribution < -0.4 is 5.32 Å². The second-order valence-corrected chi connectivity index (χ2v) is 5.06. The second-order valence-electron chi connectivity index (χ2n) is 5.06. The topological polar surface area (TPSA) is 29.9 Å². The zero-order valence-corrected chi connectivity index (χ0v) is 10.4. The highest BCUT2D eigenvalue weighted by Crippen LogP contribution is 2.26. The molecule has 1 saturated carbocycles. The molecule has 1 N–H and O–H groups in total. The monoisotopic (exact) mass is 221 g/mol. The first-order valence-electron chi connectivity index (χ1n) is 6.46. The summed E-state index contributed by atoms with van der Waals surface area (Å²) in [5, 5.41) is 3.63. The number of aryl methyl sites for hydroxylation is 1. The van der Waals surface area contributed by atoms with Gasteiger partial charge in [0.2, 0.25) is 0 Å². The van der Waals surface area contributed by atoms with Crippen LogP contribution in [-0.2, 0) is 13.6 Å². The first-order valence-corrected chi connectivity index (χ1v) is 6.46. The molecule has 3 heteroatoms. The third-order valence-electron chi connectivity index (χ3n) is 3.88. The molecule has 0 aliphatic heterocycles. The Labute approximate surface area is 98.3 Å². The van der Waals surface area contributed by atoms with Gasteiger partial charge in [-0.05, 0) is 25.7 Å². The normalized spacial score (nSPS) is 19.9. The number of hydrogen-bond acceptors (Lipinski definition) is 2. The van der Waals surface area contributed by atoms with Crippen molar-refractivity contribution in [2.45, 2.75) is 51.6 Å². The van der Waals surface area contributed by atoms with E-state index < -0.39 is 0 Å². The fourth-order valence-corrected chi connectivity index (χ4v) is 2.62. The van der Waals surface area contributed by atoms with Crippen LogP contribution >= 0.6 is 0 Å². The number of rotatable bonds is 4. The van der Waals surface area contributed by atoms with Crippen molar-refractivity contribution in [3.8, 4) is 0 Å². The smallest absolute Gasteiger partial charge is 0.0945 e. The maximum atomic E-state index is 4.14. The lowest BCUT2D eigenvalue weighted by Gasteiger charge is -2.28. The molecule has 1 aliphatic rings. The molecule has 0 radical (unpaired) electrons. The minimum absolute atomic E-state index is 0.634. The van der Waals surface area contributed by atoms with Crippen molar-refractivity contribution in [1.82, 2.24) is 14.9 Å². The lowest BCUT2D eigenvalue weighted by Crippen LogP contribution is -2.34. The molecule has 1 heterocycles. The zero-order valence-electron chi connectivity index (χ0n) is 10.4. The highest BCUT2D eigenvalue weighted by atomic mass is 15.0. The van der Waals surface area contributed by atoms with Crippen molar-refractivity contribution in [2.24, 2.45) is 13.0 Å². The van der Waals surface area contributed by atoms with Crippen LogP contribution in [0.2, 0.25) is 0 Å². The van der Waals surface area contributed by atoms with E-state index in [2.05, 4.69) is 28.8 Å². The molecule has 1 aromatic heterocycles. The lowest BCUT2D eigenvalue weighted by molar-refractivity contribution is 0.279. The molecule has 1 fully saturated rings. The summed E-state index contributed by atoms with van der Waals surface area (Å²) in [5.74, 6) is 0.877. The van der Waals surface area contributed by atoms with Gasteiger partial charge in [-0.2, -0.15) is 0 Å². The predicted molar refractivity (Wildman–Crippen MR) is 66.1 cm³/mol. The summed E-state index contributed by atoms with van der Waals surface area (Å²) in [5.41, 5.74) is 1.27. The molecular weight excluding hydrogens is 198 g/mol. The van der Waals surface area contributed by atoms with E-state index in [1.165, 1.54) is 37.8 Å². The number of aromatic nitrogens is 2. The molecule has 1 atom stereocenters. The van der Waals surface area contributed by atoms with Gasteiger partial charge in [0.1, 0.15) is 0 Å². The molecule has 1 aromatic rings. The summed E-state index contributed by atoms with van der Waals surface area (Å²) < 4.78 is 2.08. The molecule has 90 valence electrons. The van der Waals surface area contributed by atoms with E-state index in [0.717, 1.165) is 12.5 Å². The number of nitrogens with zero attached hydrogens (tertiary/aromatic N) is 2. The highest BCUT2D eigenvalue weighted by molar-refractivity contribution is 4.97. The Morgan fingerprint density at radius 2 is 2.19 bits per heavy atom. The Morgan fingerprint density at radius 1 is 1.44 bits per heavy atom. The summed E-state index contributed by atoms with van der Waals surface area (Å²) in [6.07, 6.45) is 10.9. The third kappa shape index (κ3) is 2.85. The van der Waals surface area contributed by atoms with Gasteiger partial charge in [-0.25, -0.2) is 4.98 Å². The minimum Gasteiger partial charge on any atom is -0.337 e. The maximum absolute atomic E-state index is 4.14. The van der Waals surface area contributed by atoms with Gasteiger partial charge in [-0.3, -0.25) is 0 Å². The largest absolute Gasteiger partial charge is 0.337 e. The van der Waals surface area contributed by atoms with E-state index in [-0.39, 0.29) is 0 Å². The molecule has 0 bridgehead atoms. The summed E-state index contributed by atoms with van der Waals surface area (Å²) >= 11 is 0. The van der Waals surface area contributed by atoms with Gasteiger partial charge >= 0.3 is 0 Å². The van der Waals surface area contributed by atoms with E-state index >= 15 is 0 Å². The zero-order chi connectivity index (χ0) is 11.4. The number of imidazole rings is 1. The third-order valence-corrected chi connectivity index (χ3v) is 3.88. The molecule has 0 saturated heterocycles. The molecular formula is C13H23N3. The standard InChI is InChI=1S/C13H23N3/c1-11(12-6-4-3-5-7-12)15-9-13-8-14-10-16(13)2/h8,10-12,15H,3-7,9H2,1-2H3/t11-/m1/s1. The lowest BCUT2D eigenvalue weighted by atomic mass is 9.84. The van der Waals surface area contributed by atoms with Crippen molar-refractivity contribution in [1.29, 1.82) is 0 Å². The van der Waals surface area contributed by atoms with E-state index in [9.17, 15) is 0 Å². The van der Waals surface area contributed by atoms with Gasteiger partial charge in [0.25, 0.3) is 0 Å². The Hall–Kier alpha value is -0.830. The van der Waals surface area contributed by atoms with Crippen LogP contribution in [0.4, 0.5) is 0 Å². The minimum atomic E-state index is 0.634. The van der Waals surface area contributed by atoms with Crippen LogP contribution in [0.3, 0.4) is 0 Å². The van der Waals surface area contributed by atoms with Crippen LogP contribution in [0, 0.1) is 5.92 Å². The first kappa shape index (κ1) is 11.6. The van der Waals surface area contributed by atoms with Crippen molar-refractivity contribution in [3.05, 3.63) is 18.2 Å². The molecule has 2 rings (SSSR count). The van der Waals surface area contributed by atoms with Crippen LogP contribution in [0.15, 0.2) is 12.5 Å². The Balaban J connectivity index is 1.78. The Morgan fingerprint density at radius 3 is 2.81 bits per heavy atom. The van der Waals surface area contributed by atoms with E-state index in [4.69, 9.17) is 0 Å². The predicted octanol–water partition coefficient (Wildman–Crippen LogP) is 2.48. The van der Waals surface area contributed by atoms with Gasteiger partial charge in [0.15, 0.2) is 0 Å². The van der Waals surface area contributed by atoms with Crippen molar-refractivity contribution in [3.63, 3.8) is 0 Å². The summed E-state index contributed by atoms with van der Waals surface area (Å²) in [6, 6.07) is 0.634. The molecule has 0 spiro atoms. The maximum Gasteiger partial charge on any atom is 0.0945 e. The Bertz CT molecular complexity index is 313. The van der Waals surface area contributed by atoms with Crippen LogP contribution in [0.5, 0.6) is 0 Å². The second kappa shape index (κ2) is 5.48. The summed E-state index contributed by atoms with van der Waals surface area (Å²) in [7, 11) is 2.05. The molecule has 3 nitrogen and oxygen atoms in total. The highest BCUT2D eigenvalue weighted by Gasteiger charge is 2.19. The molecule has 0 aromatic carbocycles. The number of hydrogen-bond donors (Lipinski definition) is 1. The van der Waals surface area contributed by atoms with Crippen LogP contribution in [-0.4, -0.2) is 15.6 Å². The molecule has 0 amide bonds. The van der Waals surface area contributed by atoms with Crippen molar-refractivity contribution in [2.75, 3.05) is 0 Å². The fraction of sp³-hybridized carbons (Fsp3) is 0.769. The molecule has 16 heavy (non-hydrogen) atoms. The summed E-state index contributed by atoms with van der Waals surface area (Å²) in [6.45, 7) is 3.26. The van der Waals surface area contributed by atoms with Crippen molar-refractivity contribution < 1.29 is 0 Å². The molecule has 0 unspecified atom stereocenters. The average Bonchev–Trinajstić information content (AvgIpc) is 2.73. The van der Waals surface area contributed by atoms with Gasteiger partial charge in [-0.1, -0.05) is 19.3 Å². The first-order chi connectivity index (χ1) is 7.77. The van der Waals surface area contributed by atoms with Crippen LogP contribution in [0.1, 0.15) is 44.7 Å². The van der Waals surface area contributed by atoms with E-state index in [1.54, 1.807) is 0 Å². The Kier molecular flexibility index (Phi) is 3.99. The SMILES string of the molecule is C[C@@H](NCc1cncn1C)C1CCCCC1. The van der Waals surface area contributed by atoms with Gasteiger partial charge in [0.05, 0.1) is 12.0 Å². The van der Waals surface area contributed by atoms with E-state index in [0.29, 0.717) is 6.04 Å². The van der Waals surface area contributed by atoms with Gasteiger partial charge in [0, 0.05) is 25.8 Å². The van der Waals surface area contributed by atoms with E-state index in [1.807, 2.05) is 12.5 Å². The molecule has 1 aliphatic carbocycles. The van der Waals surface area contributed by atoms with Gasteiger partial charge < -0.3 is 9.88 Å². The summed E-state index contributed by atoms with van der Waals surface area (Å²) in [4.78, 5) is 4.14. The van der Waals surface area contributed by atoms with Crippen LogP contribution in [0.25, 0.3) is 0 Å². The number of nitrogens with one attached hydrogen (secondary N) is 1. The fourth-order valence-electron chi connectivity index (χ4n) is 2.62. The van der Waals surface area contributed by atoms with Crippen molar-refractivity contribution >= 4 is 0 Å². The quantitative estimate of drug-likeness (QED) is 0.846.